The van der Waals surface area contributed by atoms with Crippen molar-refractivity contribution in [3.63, 3.8) is 0 Å². The number of hydrogen-bond acceptors (Lipinski definition) is 2. The lowest BCUT2D eigenvalue weighted by Crippen LogP contribution is -2.32. The van der Waals surface area contributed by atoms with Gasteiger partial charge in [-0.3, -0.25) is 4.79 Å². The predicted molar refractivity (Wildman–Crippen MR) is 87.2 cm³/mol. The van der Waals surface area contributed by atoms with Crippen molar-refractivity contribution in [3.8, 4) is 0 Å². The van der Waals surface area contributed by atoms with Crippen molar-refractivity contribution in [2.45, 2.75) is 12.8 Å². The van der Waals surface area contributed by atoms with Gasteiger partial charge in [-0.05, 0) is 18.6 Å². The van der Waals surface area contributed by atoms with Crippen LogP contribution in [-0.4, -0.2) is 17.0 Å². The van der Waals surface area contributed by atoms with Gasteiger partial charge in [0.25, 0.3) is 0 Å². The number of aromatic nitrogens is 1. The van der Waals surface area contributed by atoms with Crippen LogP contribution in [0.2, 0.25) is 0 Å². The van der Waals surface area contributed by atoms with Gasteiger partial charge < -0.3 is 10.8 Å². The molecule has 0 aliphatic carbocycles. The predicted octanol–water partition coefficient (Wildman–Crippen LogP) is 2.10. The van der Waals surface area contributed by atoms with Crippen molar-refractivity contribution in [2.24, 2.45) is 12.8 Å². The van der Waals surface area contributed by atoms with E-state index in [2.05, 4.69) is 0 Å². The Hall–Kier alpha value is -2.95. The van der Waals surface area contributed by atoms with Crippen LogP contribution >= 0.6 is 0 Å². The van der Waals surface area contributed by atoms with Crippen LogP contribution in [0.1, 0.15) is 28.8 Å². The fraction of sp³-hybridized carbons (Fsp3) is 0.167. The second-order valence-corrected chi connectivity index (χ2v) is 5.62. The van der Waals surface area contributed by atoms with E-state index in [0.717, 1.165) is 11.0 Å². The minimum Gasteiger partial charge on any atom is -0.478 e. The molecule has 1 heterocycles. The summed E-state index contributed by atoms with van der Waals surface area (Å²) in [6, 6.07) is 12.8. The highest BCUT2D eigenvalue weighted by Gasteiger charge is 2.26. The maximum Gasteiger partial charge on any atom is 0.337 e. The normalized spacial score (nSPS) is 12.4. The van der Waals surface area contributed by atoms with Gasteiger partial charge >= 0.3 is 5.97 Å². The number of pyridine rings is 1. The van der Waals surface area contributed by atoms with Gasteiger partial charge in [0.05, 0.1) is 22.3 Å². The number of nitrogens with zero attached hydrogens (tertiary/aromatic N) is 1. The zero-order valence-electron chi connectivity index (χ0n) is 12.9. The molecule has 5 nitrogen and oxygen atoms in total. The van der Waals surface area contributed by atoms with E-state index in [1.54, 1.807) is 25.1 Å². The Morgan fingerprint density at radius 1 is 1.09 bits per heavy atom. The summed E-state index contributed by atoms with van der Waals surface area (Å²) in [5.41, 5.74) is 7.86. The molecule has 1 atom stereocenters. The highest BCUT2D eigenvalue weighted by Crippen LogP contribution is 2.31. The van der Waals surface area contributed by atoms with Gasteiger partial charge in [0.2, 0.25) is 16.9 Å². The second-order valence-electron chi connectivity index (χ2n) is 5.62. The van der Waals surface area contributed by atoms with Crippen molar-refractivity contribution >= 4 is 33.7 Å². The molecule has 1 amide bonds. The minimum atomic E-state index is -1.02. The number of aromatic carboxylic acids is 1. The van der Waals surface area contributed by atoms with Crippen molar-refractivity contribution in [1.82, 2.24) is 0 Å². The van der Waals surface area contributed by atoms with Gasteiger partial charge in [0.1, 0.15) is 7.05 Å². The van der Waals surface area contributed by atoms with E-state index in [4.69, 9.17) is 5.73 Å². The third-order valence-corrected chi connectivity index (χ3v) is 4.33. The molecule has 116 valence electrons. The minimum absolute atomic E-state index is 0.206. The fourth-order valence-electron chi connectivity index (χ4n) is 3.09. The molecule has 23 heavy (non-hydrogen) atoms. The van der Waals surface area contributed by atoms with Gasteiger partial charge in [0, 0.05) is 12.1 Å². The van der Waals surface area contributed by atoms with Crippen LogP contribution in [0.3, 0.4) is 0 Å². The van der Waals surface area contributed by atoms with Crippen molar-refractivity contribution in [2.75, 3.05) is 0 Å². The number of amides is 1. The Labute approximate surface area is 133 Å². The first kappa shape index (κ1) is 15.0. The van der Waals surface area contributed by atoms with E-state index >= 15 is 0 Å². The van der Waals surface area contributed by atoms with Crippen molar-refractivity contribution in [3.05, 3.63) is 53.6 Å². The van der Waals surface area contributed by atoms with Crippen LogP contribution in [0.4, 0.5) is 0 Å². The van der Waals surface area contributed by atoms with Gasteiger partial charge in [-0.2, -0.15) is 4.57 Å². The lowest BCUT2D eigenvalue weighted by molar-refractivity contribution is -0.617. The average Bonchev–Trinajstić information content (AvgIpc) is 2.53. The number of rotatable bonds is 3. The third kappa shape index (κ3) is 2.21. The summed E-state index contributed by atoms with van der Waals surface area (Å²) in [7, 11) is 1.88. The van der Waals surface area contributed by atoms with E-state index in [-0.39, 0.29) is 5.56 Å². The van der Waals surface area contributed by atoms with Crippen LogP contribution in [0, 0.1) is 0 Å². The Bertz CT molecular complexity index is 963. The topological polar surface area (TPSA) is 84.3 Å². The lowest BCUT2D eigenvalue weighted by atomic mass is 9.91. The van der Waals surface area contributed by atoms with E-state index in [9.17, 15) is 14.7 Å². The van der Waals surface area contributed by atoms with E-state index < -0.39 is 17.8 Å². The van der Waals surface area contributed by atoms with Crippen molar-refractivity contribution in [1.29, 1.82) is 0 Å². The van der Waals surface area contributed by atoms with E-state index in [0.29, 0.717) is 16.3 Å². The Morgan fingerprint density at radius 2 is 1.74 bits per heavy atom. The summed E-state index contributed by atoms with van der Waals surface area (Å²) in [6.45, 7) is 1.69. The van der Waals surface area contributed by atoms with Crippen LogP contribution < -0.4 is 10.3 Å². The molecular formula is C18H17N2O3+. The molecule has 3 aromatic rings. The highest BCUT2D eigenvalue weighted by molar-refractivity contribution is 6.13. The number of benzene rings is 2. The number of hydrogen-bond donors (Lipinski definition) is 2. The maximum absolute atomic E-state index is 12.0. The number of carbonyl (C=O) groups excluding carboxylic acids is 1. The molecule has 0 bridgehead atoms. The van der Waals surface area contributed by atoms with E-state index in [1.165, 1.54) is 0 Å². The molecule has 0 saturated carbocycles. The summed E-state index contributed by atoms with van der Waals surface area (Å²) in [6.07, 6.45) is 0. The first-order valence-corrected chi connectivity index (χ1v) is 7.29. The zero-order valence-corrected chi connectivity index (χ0v) is 12.9. The van der Waals surface area contributed by atoms with Gasteiger partial charge in [-0.25, -0.2) is 4.79 Å². The van der Waals surface area contributed by atoms with E-state index in [1.807, 2.05) is 35.9 Å². The number of carboxylic acid groups (broad SMARTS) is 1. The average molecular weight is 309 g/mol. The van der Waals surface area contributed by atoms with Crippen LogP contribution in [0.5, 0.6) is 0 Å². The summed E-state index contributed by atoms with van der Waals surface area (Å²) < 4.78 is 1.94. The maximum atomic E-state index is 12.0. The number of nitrogens with two attached hydrogens (primary N) is 1. The SMILES string of the molecule is CC(C(N)=O)c1cccc2c1c(C(=O)O)c1ccccc1[n+]2C. The first-order valence-electron chi connectivity index (χ1n) is 7.29. The van der Waals surface area contributed by atoms with Crippen LogP contribution in [0.15, 0.2) is 42.5 Å². The Kier molecular flexibility index (Phi) is 3.48. The first-order chi connectivity index (χ1) is 10.9. The molecule has 0 spiro atoms. The highest BCUT2D eigenvalue weighted by atomic mass is 16.4. The molecule has 3 rings (SSSR count). The number of primary amides is 1. The largest absolute Gasteiger partial charge is 0.478 e. The Balaban J connectivity index is 2.60. The third-order valence-electron chi connectivity index (χ3n) is 4.33. The quantitative estimate of drug-likeness (QED) is 0.574. The molecule has 0 saturated heterocycles. The summed E-state index contributed by atoms with van der Waals surface area (Å²) >= 11 is 0. The smallest absolute Gasteiger partial charge is 0.337 e. The molecule has 2 aromatic carbocycles. The van der Waals surface area contributed by atoms with Gasteiger partial charge in [-0.1, -0.05) is 24.3 Å². The summed E-state index contributed by atoms with van der Waals surface area (Å²) in [5, 5.41) is 11.0. The monoisotopic (exact) mass is 309 g/mol. The molecule has 5 heteroatoms. The number of fused-ring (bicyclic) bond motifs is 2. The van der Waals surface area contributed by atoms with Gasteiger partial charge in [-0.15, -0.1) is 0 Å². The molecule has 0 fully saturated rings. The number of carboxylic acids is 1. The summed E-state index contributed by atoms with van der Waals surface area (Å²) in [5.74, 6) is -2.07. The molecule has 0 aliphatic rings. The Morgan fingerprint density at radius 3 is 2.39 bits per heavy atom. The number of para-hydroxylation sites is 1. The second kappa shape index (κ2) is 5.35. The molecule has 1 unspecified atom stereocenters. The standard InChI is InChI=1S/C18H16N2O3/c1-10(17(19)21)11-7-5-9-14-15(11)16(18(22)23)12-6-3-4-8-13(12)20(14)2/h3-10H,1-2H3,(H2-,19,21,22,23)/p+1. The molecule has 3 N–H and O–H groups in total. The number of carbonyl (C=O) groups is 2. The van der Waals surface area contributed by atoms with Crippen LogP contribution in [-0.2, 0) is 11.8 Å². The molecular weight excluding hydrogens is 292 g/mol. The fourth-order valence-corrected chi connectivity index (χ4v) is 3.09. The van der Waals surface area contributed by atoms with Crippen LogP contribution in [0.25, 0.3) is 21.8 Å². The van der Waals surface area contributed by atoms with Crippen molar-refractivity contribution < 1.29 is 19.3 Å². The molecule has 0 aliphatic heterocycles. The lowest BCUT2D eigenvalue weighted by Gasteiger charge is -2.14. The summed E-state index contributed by atoms with van der Waals surface area (Å²) in [4.78, 5) is 23.6. The molecule has 0 radical (unpaired) electrons. The molecule has 1 aromatic heterocycles. The zero-order chi connectivity index (χ0) is 16.7. The number of aryl methyl sites for hydroxylation is 1. The van der Waals surface area contributed by atoms with Gasteiger partial charge in [0.15, 0.2) is 0 Å².